The Bertz CT molecular complexity index is 728. The van der Waals surface area contributed by atoms with Crippen molar-refractivity contribution in [2.45, 2.75) is 19.0 Å². The summed E-state index contributed by atoms with van der Waals surface area (Å²) in [6.07, 6.45) is 0. The monoisotopic (exact) mass is 305 g/mol. The number of thioether (sulfide) groups is 1. The van der Waals surface area contributed by atoms with E-state index in [2.05, 4.69) is 15.3 Å². The van der Waals surface area contributed by atoms with Gasteiger partial charge in [0.15, 0.2) is 5.16 Å². The van der Waals surface area contributed by atoms with Crippen LogP contribution in [-0.2, 0) is 4.79 Å². The molecule has 2 aromatic rings. The third-order valence-electron chi connectivity index (χ3n) is 2.84. The smallest absolute Gasteiger partial charge is 0.255 e. The van der Waals surface area contributed by atoms with Gasteiger partial charge in [0, 0.05) is 5.69 Å². The van der Waals surface area contributed by atoms with Gasteiger partial charge in [0.2, 0.25) is 11.8 Å². The second-order valence-corrected chi connectivity index (χ2v) is 5.51. The molecule has 1 amide bonds. The third-order valence-corrected chi connectivity index (χ3v) is 3.71. The number of aromatic hydroxyl groups is 1. The first-order chi connectivity index (χ1) is 9.94. The molecule has 110 valence electrons. The molecule has 6 nitrogen and oxygen atoms in total. The predicted octanol–water partition coefficient (Wildman–Crippen LogP) is 1.82. The van der Waals surface area contributed by atoms with E-state index in [0.717, 1.165) is 34.6 Å². The van der Waals surface area contributed by atoms with E-state index in [0.29, 0.717) is 0 Å². The minimum atomic E-state index is -0.459. The molecule has 1 aromatic heterocycles. The highest BCUT2D eigenvalue weighted by Gasteiger charge is 2.07. The lowest BCUT2D eigenvalue weighted by Gasteiger charge is -2.07. The predicted molar refractivity (Wildman–Crippen MR) is 81.8 cm³/mol. The zero-order valence-electron chi connectivity index (χ0n) is 11.6. The Morgan fingerprint density at radius 1 is 1.33 bits per heavy atom. The van der Waals surface area contributed by atoms with E-state index in [1.807, 2.05) is 32.0 Å². The Labute approximate surface area is 125 Å². The first-order valence-corrected chi connectivity index (χ1v) is 7.23. The zero-order chi connectivity index (χ0) is 15.4. The van der Waals surface area contributed by atoms with Crippen LogP contribution in [0.2, 0.25) is 0 Å². The summed E-state index contributed by atoms with van der Waals surface area (Å²) in [5.41, 5.74) is 2.52. The van der Waals surface area contributed by atoms with E-state index in [9.17, 15) is 14.7 Å². The maximum atomic E-state index is 11.8. The van der Waals surface area contributed by atoms with Gasteiger partial charge in [-0.15, -0.1) is 0 Å². The normalized spacial score (nSPS) is 10.4. The lowest BCUT2D eigenvalue weighted by molar-refractivity contribution is -0.113. The van der Waals surface area contributed by atoms with Gasteiger partial charge < -0.3 is 15.4 Å². The Morgan fingerprint density at radius 2 is 2.10 bits per heavy atom. The fourth-order valence-corrected chi connectivity index (χ4v) is 2.31. The Kier molecular flexibility index (Phi) is 4.64. The van der Waals surface area contributed by atoms with Gasteiger partial charge >= 0.3 is 0 Å². The fourth-order valence-electron chi connectivity index (χ4n) is 1.64. The summed E-state index contributed by atoms with van der Waals surface area (Å²) in [5.74, 6) is -0.496. The van der Waals surface area contributed by atoms with Gasteiger partial charge in [-0.1, -0.05) is 17.8 Å². The molecule has 0 radical (unpaired) electrons. The largest absolute Gasteiger partial charge is 0.493 e. The Hall–Kier alpha value is -2.28. The molecule has 0 aliphatic rings. The summed E-state index contributed by atoms with van der Waals surface area (Å²) in [4.78, 5) is 29.1. The lowest BCUT2D eigenvalue weighted by atomic mass is 10.1. The molecule has 0 saturated heterocycles. The van der Waals surface area contributed by atoms with Crippen LogP contribution in [-0.4, -0.2) is 26.7 Å². The number of hydrogen-bond acceptors (Lipinski definition) is 5. The van der Waals surface area contributed by atoms with Gasteiger partial charge in [-0.2, -0.15) is 4.98 Å². The molecule has 0 atom stereocenters. The second kappa shape index (κ2) is 6.45. The average molecular weight is 305 g/mol. The van der Waals surface area contributed by atoms with Gasteiger partial charge in [-0.3, -0.25) is 9.59 Å². The number of H-pyrrole nitrogens is 1. The number of aromatic amines is 1. The van der Waals surface area contributed by atoms with Crippen LogP contribution in [0.25, 0.3) is 0 Å². The van der Waals surface area contributed by atoms with Crippen molar-refractivity contribution in [3.05, 3.63) is 45.7 Å². The number of carbonyl (C=O) groups excluding carboxylic acids is 1. The number of carbonyl (C=O) groups is 1. The van der Waals surface area contributed by atoms with Gasteiger partial charge in [-0.25, -0.2) is 0 Å². The molecule has 0 spiro atoms. The lowest BCUT2D eigenvalue weighted by Crippen LogP contribution is -2.15. The summed E-state index contributed by atoms with van der Waals surface area (Å²) in [6, 6.07) is 6.64. The molecular weight excluding hydrogens is 290 g/mol. The summed E-state index contributed by atoms with van der Waals surface area (Å²) < 4.78 is 0. The molecule has 2 rings (SSSR count). The second-order valence-electron chi connectivity index (χ2n) is 4.54. The van der Waals surface area contributed by atoms with Crippen LogP contribution in [0.4, 0.5) is 5.69 Å². The zero-order valence-corrected chi connectivity index (χ0v) is 12.5. The Balaban J connectivity index is 1.95. The van der Waals surface area contributed by atoms with Crippen LogP contribution < -0.4 is 10.9 Å². The first kappa shape index (κ1) is 15.1. The number of rotatable bonds is 4. The van der Waals surface area contributed by atoms with Crippen molar-refractivity contribution >= 4 is 23.4 Å². The number of aryl methyl sites for hydroxylation is 2. The summed E-state index contributed by atoms with van der Waals surface area (Å²) in [5, 5.41) is 12.2. The summed E-state index contributed by atoms with van der Waals surface area (Å²) >= 11 is 1.04. The number of hydrogen-bond donors (Lipinski definition) is 3. The van der Waals surface area contributed by atoms with Crippen LogP contribution in [0, 0.1) is 13.8 Å². The average Bonchev–Trinajstić information content (AvgIpc) is 2.40. The molecule has 1 aromatic carbocycles. The number of nitrogens with zero attached hydrogens (tertiary/aromatic N) is 1. The maximum Gasteiger partial charge on any atom is 0.255 e. The first-order valence-electron chi connectivity index (χ1n) is 6.24. The van der Waals surface area contributed by atoms with Crippen molar-refractivity contribution in [2.75, 3.05) is 11.1 Å². The van der Waals surface area contributed by atoms with Crippen LogP contribution >= 0.6 is 11.8 Å². The highest BCUT2D eigenvalue weighted by Crippen LogP contribution is 2.16. The number of aromatic nitrogens is 2. The number of amides is 1. The van der Waals surface area contributed by atoms with Gasteiger partial charge in [-0.05, 0) is 37.1 Å². The highest BCUT2D eigenvalue weighted by molar-refractivity contribution is 7.99. The summed E-state index contributed by atoms with van der Waals surface area (Å²) in [6.45, 7) is 3.97. The van der Waals surface area contributed by atoms with Crippen molar-refractivity contribution in [1.82, 2.24) is 9.97 Å². The van der Waals surface area contributed by atoms with E-state index in [1.165, 1.54) is 0 Å². The van der Waals surface area contributed by atoms with E-state index < -0.39 is 5.56 Å². The van der Waals surface area contributed by atoms with Gasteiger partial charge in [0.05, 0.1) is 11.8 Å². The van der Waals surface area contributed by atoms with Crippen LogP contribution in [0.15, 0.2) is 34.2 Å². The number of benzene rings is 1. The van der Waals surface area contributed by atoms with E-state index in [-0.39, 0.29) is 22.7 Å². The molecule has 0 bridgehead atoms. The van der Waals surface area contributed by atoms with Gasteiger partial charge in [0.25, 0.3) is 5.56 Å². The third kappa shape index (κ3) is 4.35. The topological polar surface area (TPSA) is 95.1 Å². The van der Waals surface area contributed by atoms with Crippen LogP contribution in [0.1, 0.15) is 11.1 Å². The summed E-state index contributed by atoms with van der Waals surface area (Å²) in [7, 11) is 0. The van der Waals surface area contributed by atoms with Crippen molar-refractivity contribution in [3.63, 3.8) is 0 Å². The quantitative estimate of drug-likeness (QED) is 0.591. The van der Waals surface area contributed by atoms with Crippen LogP contribution in [0.3, 0.4) is 0 Å². The fraction of sp³-hybridized carbons (Fsp3) is 0.214. The van der Waals surface area contributed by atoms with Crippen molar-refractivity contribution in [1.29, 1.82) is 0 Å². The SMILES string of the molecule is Cc1ccc(NC(=O)CSc2nc(O)cc(=O)[nH]2)cc1C. The van der Waals surface area contributed by atoms with Crippen LogP contribution in [0.5, 0.6) is 5.88 Å². The molecule has 0 fully saturated rings. The Morgan fingerprint density at radius 3 is 2.76 bits per heavy atom. The highest BCUT2D eigenvalue weighted by atomic mass is 32.2. The minimum absolute atomic E-state index is 0.0827. The minimum Gasteiger partial charge on any atom is -0.493 e. The van der Waals surface area contributed by atoms with E-state index in [4.69, 9.17) is 0 Å². The van der Waals surface area contributed by atoms with Crippen molar-refractivity contribution in [2.24, 2.45) is 0 Å². The molecule has 21 heavy (non-hydrogen) atoms. The van der Waals surface area contributed by atoms with E-state index >= 15 is 0 Å². The number of nitrogens with one attached hydrogen (secondary N) is 2. The molecule has 0 aliphatic carbocycles. The van der Waals surface area contributed by atoms with E-state index in [1.54, 1.807) is 0 Å². The molecule has 0 saturated carbocycles. The number of anilines is 1. The molecule has 1 heterocycles. The molecular formula is C14H15N3O3S. The van der Waals surface area contributed by atoms with Crippen molar-refractivity contribution in [3.8, 4) is 5.88 Å². The molecule has 0 unspecified atom stereocenters. The molecule has 3 N–H and O–H groups in total. The van der Waals surface area contributed by atoms with Gasteiger partial charge in [0.1, 0.15) is 0 Å². The standard InChI is InChI=1S/C14H15N3O3S/c1-8-3-4-10(5-9(8)2)15-13(20)7-21-14-16-11(18)6-12(19)17-14/h3-6H,7H2,1-2H3,(H,15,20)(H2,16,17,18,19). The maximum absolute atomic E-state index is 11.8. The van der Waals surface area contributed by atoms with Crippen molar-refractivity contribution < 1.29 is 9.90 Å². The molecule has 7 heteroatoms. The molecule has 0 aliphatic heterocycles.